The van der Waals surface area contributed by atoms with Crippen LogP contribution in [0.3, 0.4) is 0 Å². The normalized spacial score (nSPS) is 28.0. The lowest BCUT2D eigenvalue weighted by Gasteiger charge is -2.38. The molecule has 2 unspecified atom stereocenters. The van der Waals surface area contributed by atoms with Gasteiger partial charge in [0.25, 0.3) is 0 Å². The van der Waals surface area contributed by atoms with E-state index in [1.165, 1.54) is 32.1 Å². The number of piperazine rings is 1. The molecule has 0 aromatic carbocycles. The molecule has 6 heteroatoms. The smallest absolute Gasteiger partial charge is 0.306 e. The first-order valence-electron chi connectivity index (χ1n) is 10.3. The van der Waals surface area contributed by atoms with E-state index in [0.717, 1.165) is 12.8 Å². The fourth-order valence-electron chi connectivity index (χ4n) is 4.84. The van der Waals surface area contributed by atoms with Crippen LogP contribution in [0.15, 0.2) is 0 Å². The van der Waals surface area contributed by atoms with E-state index in [0.29, 0.717) is 51.4 Å². The SMILES string of the molecule is O=C(O)C1CCCC(C(=O)N2CCN(C(=O)CC3CCCCC3)CC2)C1. The molecule has 3 rings (SSSR count). The molecule has 0 aromatic heterocycles. The molecule has 1 saturated heterocycles. The molecule has 2 amide bonds. The molecule has 1 heterocycles. The van der Waals surface area contributed by atoms with Crippen LogP contribution in [0.4, 0.5) is 0 Å². The van der Waals surface area contributed by atoms with Crippen molar-refractivity contribution < 1.29 is 19.5 Å². The summed E-state index contributed by atoms with van der Waals surface area (Å²) in [5.74, 6) is -0.430. The van der Waals surface area contributed by atoms with Crippen LogP contribution >= 0.6 is 0 Å². The lowest BCUT2D eigenvalue weighted by atomic mass is 9.80. The van der Waals surface area contributed by atoms with E-state index in [1.807, 2.05) is 9.80 Å². The molecular formula is C20H32N2O4. The highest BCUT2D eigenvalue weighted by molar-refractivity contribution is 5.81. The highest BCUT2D eigenvalue weighted by Gasteiger charge is 2.35. The predicted molar refractivity (Wildman–Crippen MR) is 97.4 cm³/mol. The number of rotatable bonds is 4. The molecule has 6 nitrogen and oxygen atoms in total. The zero-order valence-electron chi connectivity index (χ0n) is 15.7. The van der Waals surface area contributed by atoms with E-state index in [4.69, 9.17) is 0 Å². The fraction of sp³-hybridized carbons (Fsp3) is 0.850. The van der Waals surface area contributed by atoms with Gasteiger partial charge in [-0.3, -0.25) is 14.4 Å². The van der Waals surface area contributed by atoms with Gasteiger partial charge >= 0.3 is 5.97 Å². The second kappa shape index (κ2) is 8.87. The van der Waals surface area contributed by atoms with Gasteiger partial charge in [-0.05, 0) is 38.0 Å². The van der Waals surface area contributed by atoms with Crippen LogP contribution in [-0.4, -0.2) is 58.9 Å². The van der Waals surface area contributed by atoms with Crippen LogP contribution in [-0.2, 0) is 14.4 Å². The Morgan fingerprint density at radius 1 is 0.769 bits per heavy atom. The van der Waals surface area contributed by atoms with Crippen molar-refractivity contribution in [1.29, 1.82) is 0 Å². The lowest BCUT2D eigenvalue weighted by molar-refractivity contribution is -0.147. The van der Waals surface area contributed by atoms with Crippen molar-refractivity contribution >= 4 is 17.8 Å². The van der Waals surface area contributed by atoms with Crippen LogP contribution < -0.4 is 0 Å². The highest BCUT2D eigenvalue weighted by atomic mass is 16.4. The summed E-state index contributed by atoms with van der Waals surface area (Å²) in [6, 6.07) is 0. The summed E-state index contributed by atoms with van der Waals surface area (Å²) >= 11 is 0. The Balaban J connectivity index is 1.44. The molecule has 146 valence electrons. The van der Waals surface area contributed by atoms with Crippen molar-refractivity contribution in [1.82, 2.24) is 9.80 Å². The number of amides is 2. The second-order valence-electron chi connectivity index (χ2n) is 8.31. The van der Waals surface area contributed by atoms with Crippen LogP contribution in [0.25, 0.3) is 0 Å². The van der Waals surface area contributed by atoms with E-state index in [-0.39, 0.29) is 23.7 Å². The molecule has 3 fully saturated rings. The monoisotopic (exact) mass is 364 g/mol. The summed E-state index contributed by atoms with van der Waals surface area (Å²) < 4.78 is 0. The van der Waals surface area contributed by atoms with Gasteiger partial charge in [0.1, 0.15) is 0 Å². The Morgan fingerprint density at radius 2 is 1.38 bits per heavy atom. The summed E-state index contributed by atoms with van der Waals surface area (Å²) in [6.45, 7) is 2.41. The second-order valence-corrected chi connectivity index (χ2v) is 8.31. The molecule has 3 aliphatic rings. The quantitative estimate of drug-likeness (QED) is 0.831. The van der Waals surface area contributed by atoms with Crippen molar-refractivity contribution in [3.63, 3.8) is 0 Å². The van der Waals surface area contributed by atoms with Gasteiger partial charge in [-0.2, -0.15) is 0 Å². The first-order valence-corrected chi connectivity index (χ1v) is 10.3. The van der Waals surface area contributed by atoms with Gasteiger partial charge in [0, 0.05) is 38.5 Å². The third-order valence-electron chi connectivity index (χ3n) is 6.50. The minimum Gasteiger partial charge on any atom is -0.481 e. The zero-order valence-corrected chi connectivity index (χ0v) is 15.7. The van der Waals surface area contributed by atoms with Crippen molar-refractivity contribution in [3.05, 3.63) is 0 Å². The number of hydrogen-bond acceptors (Lipinski definition) is 3. The number of hydrogen-bond donors (Lipinski definition) is 1. The maximum atomic E-state index is 12.7. The molecule has 0 aromatic rings. The summed E-state index contributed by atoms with van der Waals surface area (Å²) in [7, 11) is 0. The van der Waals surface area contributed by atoms with Gasteiger partial charge in [0.2, 0.25) is 11.8 Å². The van der Waals surface area contributed by atoms with Crippen LogP contribution in [0.1, 0.15) is 64.2 Å². The molecular weight excluding hydrogens is 332 g/mol. The Kier molecular flexibility index (Phi) is 6.54. The Bertz CT molecular complexity index is 522. The standard InChI is InChI=1S/C20H32N2O4/c23-18(13-15-5-2-1-3-6-15)21-9-11-22(12-10-21)19(24)16-7-4-8-17(14-16)20(25)26/h15-17H,1-14H2,(H,25,26). The summed E-state index contributed by atoms with van der Waals surface area (Å²) in [5.41, 5.74) is 0. The zero-order chi connectivity index (χ0) is 18.5. The van der Waals surface area contributed by atoms with Crippen molar-refractivity contribution in [2.75, 3.05) is 26.2 Å². The van der Waals surface area contributed by atoms with Crippen LogP contribution in [0.5, 0.6) is 0 Å². The molecule has 0 spiro atoms. The van der Waals surface area contributed by atoms with Gasteiger partial charge in [0.15, 0.2) is 0 Å². The highest BCUT2D eigenvalue weighted by Crippen LogP contribution is 2.31. The third kappa shape index (κ3) is 4.77. The average Bonchev–Trinajstić information content (AvgIpc) is 2.68. The number of carboxylic acid groups (broad SMARTS) is 1. The summed E-state index contributed by atoms with van der Waals surface area (Å²) in [6.07, 6.45) is 9.57. The Morgan fingerprint density at radius 3 is 2.04 bits per heavy atom. The number of carbonyl (C=O) groups excluding carboxylic acids is 2. The Labute approximate surface area is 155 Å². The molecule has 2 aliphatic carbocycles. The minimum absolute atomic E-state index is 0.0929. The topological polar surface area (TPSA) is 77.9 Å². The van der Waals surface area contributed by atoms with Gasteiger partial charge < -0.3 is 14.9 Å². The van der Waals surface area contributed by atoms with Crippen molar-refractivity contribution in [3.8, 4) is 0 Å². The summed E-state index contributed by atoms with van der Waals surface area (Å²) in [4.78, 5) is 40.2. The molecule has 2 saturated carbocycles. The lowest BCUT2D eigenvalue weighted by Crippen LogP contribution is -2.52. The first kappa shape index (κ1) is 19.2. The Hall–Kier alpha value is -1.59. The molecule has 1 N–H and O–H groups in total. The largest absolute Gasteiger partial charge is 0.481 e. The van der Waals surface area contributed by atoms with E-state index in [2.05, 4.69) is 0 Å². The molecule has 0 bridgehead atoms. The van der Waals surface area contributed by atoms with Crippen LogP contribution in [0.2, 0.25) is 0 Å². The van der Waals surface area contributed by atoms with E-state index in [1.54, 1.807) is 0 Å². The summed E-state index contributed by atoms with van der Waals surface area (Å²) in [5, 5.41) is 9.21. The van der Waals surface area contributed by atoms with E-state index >= 15 is 0 Å². The number of carboxylic acids is 1. The minimum atomic E-state index is -0.777. The van der Waals surface area contributed by atoms with Crippen molar-refractivity contribution in [2.45, 2.75) is 64.2 Å². The average molecular weight is 364 g/mol. The molecule has 0 radical (unpaired) electrons. The number of aliphatic carboxylic acids is 1. The van der Waals surface area contributed by atoms with Crippen molar-refractivity contribution in [2.24, 2.45) is 17.8 Å². The van der Waals surface area contributed by atoms with E-state index < -0.39 is 5.97 Å². The van der Waals surface area contributed by atoms with E-state index in [9.17, 15) is 19.5 Å². The third-order valence-corrected chi connectivity index (χ3v) is 6.50. The van der Waals surface area contributed by atoms with Gasteiger partial charge in [-0.15, -0.1) is 0 Å². The number of nitrogens with zero attached hydrogens (tertiary/aromatic N) is 2. The maximum Gasteiger partial charge on any atom is 0.306 e. The van der Waals surface area contributed by atoms with Gasteiger partial charge in [-0.1, -0.05) is 25.7 Å². The first-order chi connectivity index (χ1) is 12.5. The predicted octanol–water partition coefficient (Wildman–Crippen LogP) is 2.52. The maximum absolute atomic E-state index is 12.7. The molecule has 1 aliphatic heterocycles. The fourth-order valence-corrected chi connectivity index (χ4v) is 4.84. The van der Waals surface area contributed by atoms with Gasteiger partial charge in [-0.25, -0.2) is 0 Å². The molecule has 26 heavy (non-hydrogen) atoms. The number of carbonyl (C=O) groups is 3. The van der Waals surface area contributed by atoms with Gasteiger partial charge in [0.05, 0.1) is 5.92 Å². The van der Waals surface area contributed by atoms with Crippen LogP contribution in [0, 0.1) is 17.8 Å². The molecule has 2 atom stereocenters.